The van der Waals surface area contributed by atoms with Gasteiger partial charge >= 0.3 is 0 Å². The number of hydrogen-bond acceptors (Lipinski definition) is 6. The highest BCUT2D eigenvalue weighted by Crippen LogP contribution is 2.35. The minimum atomic E-state index is -0.597. The van der Waals surface area contributed by atoms with Gasteiger partial charge < -0.3 is 15.0 Å². The zero-order valence-corrected chi connectivity index (χ0v) is 21.0. The summed E-state index contributed by atoms with van der Waals surface area (Å²) in [5.41, 5.74) is 2.77. The Bertz CT molecular complexity index is 1250. The molecule has 2 aliphatic heterocycles. The van der Waals surface area contributed by atoms with Gasteiger partial charge in [-0.05, 0) is 69.0 Å². The van der Waals surface area contributed by atoms with E-state index in [0.717, 1.165) is 69.1 Å². The van der Waals surface area contributed by atoms with Gasteiger partial charge in [-0.2, -0.15) is 10.4 Å². The van der Waals surface area contributed by atoms with Gasteiger partial charge in [0.1, 0.15) is 5.41 Å². The van der Waals surface area contributed by atoms with Crippen LogP contribution in [-0.2, 0) is 10.2 Å². The highest BCUT2D eigenvalue weighted by molar-refractivity contribution is 6.30. The van der Waals surface area contributed by atoms with E-state index in [9.17, 15) is 10.1 Å². The topological polar surface area (TPSA) is 96.1 Å². The number of rotatable bonds is 5. The number of halogens is 1. The maximum Gasteiger partial charge on any atom is 0.259 e. The number of hydrogen-bond donors (Lipinski definition) is 1. The number of carbonyl (C=O) groups is 1. The molecule has 0 aliphatic carbocycles. The molecule has 0 radical (unpaired) electrons. The molecule has 9 heteroatoms. The Morgan fingerprint density at radius 3 is 2.50 bits per heavy atom. The monoisotopic (exact) mass is 504 g/mol. The van der Waals surface area contributed by atoms with Gasteiger partial charge in [0.25, 0.3) is 5.91 Å². The number of nitrogens with one attached hydrogen (secondary N) is 1. The van der Waals surface area contributed by atoms with Gasteiger partial charge in [0.15, 0.2) is 0 Å². The number of nitrogens with zero attached hydrogens (tertiary/aromatic N) is 5. The Morgan fingerprint density at radius 1 is 1.14 bits per heavy atom. The van der Waals surface area contributed by atoms with Crippen LogP contribution in [0.4, 0.5) is 5.69 Å². The van der Waals surface area contributed by atoms with E-state index in [2.05, 4.69) is 26.4 Å². The molecule has 0 saturated carbocycles. The third-order valence-corrected chi connectivity index (χ3v) is 7.66. The lowest BCUT2D eigenvalue weighted by molar-refractivity contribution is 0.0211. The fourth-order valence-corrected chi connectivity index (χ4v) is 5.30. The second kappa shape index (κ2) is 10.4. The van der Waals surface area contributed by atoms with Crippen LogP contribution >= 0.6 is 11.6 Å². The van der Waals surface area contributed by atoms with Crippen molar-refractivity contribution in [3.05, 3.63) is 70.8 Å². The molecule has 1 aromatic carbocycles. The zero-order valence-electron chi connectivity index (χ0n) is 20.3. The molecule has 4 heterocycles. The van der Waals surface area contributed by atoms with Crippen molar-refractivity contribution in [1.29, 1.82) is 5.26 Å². The number of carbonyl (C=O) groups excluding carboxylic acids is 1. The molecule has 0 atom stereocenters. The average Bonchev–Trinajstić information content (AvgIpc) is 3.31. The van der Waals surface area contributed by atoms with Gasteiger partial charge in [-0.1, -0.05) is 11.6 Å². The first-order valence-corrected chi connectivity index (χ1v) is 12.7. The molecule has 0 bridgehead atoms. The third-order valence-electron chi connectivity index (χ3n) is 7.41. The largest absolute Gasteiger partial charge is 0.381 e. The molecule has 36 heavy (non-hydrogen) atoms. The van der Waals surface area contributed by atoms with E-state index in [-0.39, 0.29) is 5.91 Å². The van der Waals surface area contributed by atoms with E-state index in [1.165, 1.54) is 0 Å². The van der Waals surface area contributed by atoms with Crippen LogP contribution in [0.2, 0.25) is 5.02 Å². The molecule has 0 spiro atoms. The lowest BCUT2D eigenvalue weighted by Crippen LogP contribution is -2.48. The fraction of sp³-hybridized carbons (Fsp3) is 0.407. The first-order valence-electron chi connectivity index (χ1n) is 12.3. The SMILES string of the molecule is Cc1c(C(=O)Nc2ccc(C3(C#N)CCN(C4CCOCC4)CC3)nc2)cnn1-c1ccc(Cl)cc1. The van der Waals surface area contributed by atoms with Gasteiger partial charge in [-0.3, -0.25) is 9.78 Å². The summed E-state index contributed by atoms with van der Waals surface area (Å²) >= 11 is 5.98. The zero-order chi connectivity index (χ0) is 25.1. The summed E-state index contributed by atoms with van der Waals surface area (Å²) in [6, 6.07) is 14.1. The van der Waals surface area contributed by atoms with Crippen LogP contribution in [-0.4, -0.2) is 57.9 Å². The van der Waals surface area contributed by atoms with Crippen LogP contribution in [0.15, 0.2) is 48.8 Å². The number of piperidine rings is 1. The number of benzene rings is 1. The number of anilines is 1. The number of nitriles is 1. The summed E-state index contributed by atoms with van der Waals surface area (Å²) in [7, 11) is 0. The molecule has 0 unspecified atom stereocenters. The molecule has 2 fully saturated rings. The van der Waals surface area contributed by atoms with E-state index in [0.29, 0.717) is 22.3 Å². The summed E-state index contributed by atoms with van der Waals surface area (Å²) in [6.45, 7) is 5.26. The smallest absolute Gasteiger partial charge is 0.259 e. The normalized spacial score (nSPS) is 18.5. The Balaban J connectivity index is 1.25. The molecule has 1 amide bonds. The molecule has 2 aromatic heterocycles. The van der Waals surface area contributed by atoms with Crippen LogP contribution in [0.1, 0.15) is 47.4 Å². The lowest BCUT2D eigenvalue weighted by Gasteiger charge is -2.42. The van der Waals surface area contributed by atoms with E-state index < -0.39 is 5.41 Å². The van der Waals surface area contributed by atoms with Gasteiger partial charge in [0.05, 0.1) is 46.8 Å². The standard InChI is InChI=1S/C27H29ClN6O2/c1-19-24(17-31-34(19)23-5-2-20(28)3-6-23)26(35)32-21-4-7-25(30-16-21)27(18-29)10-12-33(13-11-27)22-8-14-36-15-9-22/h2-7,16-17,22H,8-15H2,1H3,(H,32,35). The van der Waals surface area contributed by atoms with Crippen molar-refractivity contribution in [2.45, 2.75) is 44.1 Å². The fourth-order valence-electron chi connectivity index (χ4n) is 5.17. The van der Waals surface area contributed by atoms with Crippen LogP contribution in [0.3, 0.4) is 0 Å². The summed E-state index contributed by atoms with van der Waals surface area (Å²) in [5, 5.41) is 18.0. The van der Waals surface area contributed by atoms with Crippen molar-refractivity contribution in [2.24, 2.45) is 0 Å². The van der Waals surface area contributed by atoms with Crippen molar-refractivity contribution in [3.8, 4) is 11.8 Å². The van der Waals surface area contributed by atoms with E-state index in [1.807, 2.05) is 31.2 Å². The van der Waals surface area contributed by atoms with Gasteiger partial charge in [-0.25, -0.2) is 4.68 Å². The molecule has 2 saturated heterocycles. The van der Waals surface area contributed by atoms with E-state index in [4.69, 9.17) is 16.3 Å². The van der Waals surface area contributed by atoms with Gasteiger partial charge in [0, 0.05) is 37.4 Å². The highest BCUT2D eigenvalue weighted by atomic mass is 35.5. The predicted molar refractivity (Wildman–Crippen MR) is 137 cm³/mol. The second-order valence-electron chi connectivity index (χ2n) is 9.49. The maximum atomic E-state index is 12.9. The lowest BCUT2D eigenvalue weighted by atomic mass is 9.76. The van der Waals surface area contributed by atoms with Crippen molar-refractivity contribution in [1.82, 2.24) is 19.7 Å². The summed E-state index contributed by atoms with van der Waals surface area (Å²) in [5.74, 6) is -0.262. The first kappa shape index (κ1) is 24.4. The molecule has 186 valence electrons. The Labute approximate surface area is 215 Å². The molecular weight excluding hydrogens is 476 g/mol. The van der Waals surface area contributed by atoms with Crippen molar-refractivity contribution in [2.75, 3.05) is 31.6 Å². The summed E-state index contributed by atoms with van der Waals surface area (Å²) < 4.78 is 7.20. The third kappa shape index (κ3) is 4.87. The van der Waals surface area contributed by atoms with Gasteiger partial charge in [-0.15, -0.1) is 0 Å². The Morgan fingerprint density at radius 2 is 1.86 bits per heavy atom. The van der Waals surface area contributed by atoms with Crippen molar-refractivity contribution in [3.63, 3.8) is 0 Å². The summed E-state index contributed by atoms with van der Waals surface area (Å²) in [4.78, 5) is 20.0. The maximum absolute atomic E-state index is 12.9. The number of aromatic nitrogens is 3. The molecule has 1 N–H and O–H groups in total. The first-order chi connectivity index (χ1) is 17.5. The molecule has 2 aliphatic rings. The van der Waals surface area contributed by atoms with Crippen LogP contribution in [0.25, 0.3) is 5.69 Å². The van der Waals surface area contributed by atoms with Gasteiger partial charge in [0.2, 0.25) is 0 Å². The van der Waals surface area contributed by atoms with Crippen molar-refractivity contribution < 1.29 is 9.53 Å². The molecular formula is C27H29ClN6O2. The second-order valence-corrected chi connectivity index (χ2v) is 9.93. The number of amides is 1. The number of ether oxygens (including phenoxy) is 1. The minimum absolute atomic E-state index is 0.262. The highest BCUT2D eigenvalue weighted by Gasteiger charge is 2.39. The minimum Gasteiger partial charge on any atom is -0.381 e. The average molecular weight is 505 g/mol. The summed E-state index contributed by atoms with van der Waals surface area (Å²) in [6.07, 6.45) is 6.81. The van der Waals surface area contributed by atoms with E-state index in [1.54, 1.807) is 29.2 Å². The molecule has 3 aromatic rings. The Kier molecular flexibility index (Phi) is 7.06. The molecule has 8 nitrogen and oxygen atoms in total. The predicted octanol–water partition coefficient (Wildman–Crippen LogP) is 4.52. The van der Waals surface area contributed by atoms with Crippen LogP contribution < -0.4 is 5.32 Å². The van der Waals surface area contributed by atoms with Crippen LogP contribution in [0.5, 0.6) is 0 Å². The van der Waals surface area contributed by atoms with E-state index >= 15 is 0 Å². The van der Waals surface area contributed by atoms with Crippen LogP contribution in [0, 0.1) is 18.3 Å². The van der Waals surface area contributed by atoms with Crippen molar-refractivity contribution >= 4 is 23.2 Å². The number of pyridine rings is 1. The number of likely N-dealkylation sites (tertiary alicyclic amines) is 1. The quantitative estimate of drug-likeness (QED) is 0.549. The Hall–Kier alpha value is -3.25. The molecule has 5 rings (SSSR count).